The zero-order valence-corrected chi connectivity index (χ0v) is 17.4. The van der Waals surface area contributed by atoms with Crippen molar-refractivity contribution < 1.29 is 0 Å². The first-order valence-corrected chi connectivity index (χ1v) is 10.5. The number of nitrogens with one attached hydrogen (secondary N) is 1. The highest BCUT2D eigenvalue weighted by Gasteiger charge is 2.33. The van der Waals surface area contributed by atoms with Crippen LogP contribution >= 0.6 is 0 Å². The lowest BCUT2D eigenvalue weighted by Gasteiger charge is -2.44. The first-order chi connectivity index (χ1) is 15.3. The molecule has 0 unspecified atom stereocenters. The smallest absolute Gasteiger partial charge is 0.172 e. The van der Waals surface area contributed by atoms with Gasteiger partial charge >= 0.3 is 0 Å². The van der Waals surface area contributed by atoms with E-state index in [4.69, 9.17) is 5.10 Å². The maximum Gasteiger partial charge on any atom is 0.172 e. The van der Waals surface area contributed by atoms with Crippen molar-refractivity contribution in [3.8, 4) is 0 Å². The molecule has 0 saturated heterocycles. The third-order valence-corrected chi connectivity index (χ3v) is 5.39. The van der Waals surface area contributed by atoms with Gasteiger partial charge in [0.1, 0.15) is 0 Å². The van der Waals surface area contributed by atoms with Gasteiger partial charge in [0.2, 0.25) is 0 Å². The first kappa shape index (κ1) is 18.9. The van der Waals surface area contributed by atoms with Gasteiger partial charge in [-0.1, -0.05) is 96.6 Å². The highest BCUT2D eigenvalue weighted by molar-refractivity contribution is 6.01. The molecule has 0 aromatic heterocycles. The summed E-state index contributed by atoms with van der Waals surface area (Å²) in [6.07, 6.45) is -0.155. The molecule has 4 heteroatoms. The van der Waals surface area contributed by atoms with Gasteiger partial charge in [-0.05, 0) is 36.8 Å². The van der Waals surface area contributed by atoms with Gasteiger partial charge in [-0.25, -0.2) is 5.01 Å². The summed E-state index contributed by atoms with van der Waals surface area (Å²) in [6, 6.07) is 39.6. The maximum atomic E-state index is 5.08. The van der Waals surface area contributed by atoms with Crippen molar-refractivity contribution in [2.75, 3.05) is 10.0 Å². The number of rotatable bonds is 4. The molecule has 31 heavy (non-hydrogen) atoms. The molecule has 0 amide bonds. The Kier molecular flexibility index (Phi) is 5.11. The van der Waals surface area contributed by atoms with Crippen molar-refractivity contribution in [2.24, 2.45) is 5.10 Å². The van der Waals surface area contributed by atoms with Crippen LogP contribution in [0.3, 0.4) is 0 Å². The van der Waals surface area contributed by atoms with E-state index in [9.17, 15) is 0 Å². The molecule has 5 rings (SSSR count). The highest BCUT2D eigenvalue weighted by atomic mass is 15.7. The predicted molar refractivity (Wildman–Crippen MR) is 128 cm³/mol. The second-order valence-electron chi connectivity index (χ2n) is 7.60. The topological polar surface area (TPSA) is 30.9 Å². The third-order valence-electron chi connectivity index (χ3n) is 5.39. The SMILES string of the molecule is Cc1ccc([C@@H]2N(c3ccccc3)N=C(c3ccccc3)NN2c2ccccc2)cc1. The quantitative estimate of drug-likeness (QED) is 0.460. The van der Waals surface area contributed by atoms with Crippen molar-refractivity contribution >= 4 is 17.2 Å². The Labute approximate surface area is 183 Å². The fraction of sp³-hybridized carbons (Fsp3) is 0.0741. The van der Waals surface area contributed by atoms with E-state index in [1.54, 1.807) is 0 Å². The molecular formula is C27H24N4. The van der Waals surface area contributed by atoms with Crippen LogP contribution < -0.4 is 15.4 Å². The van der Waals surface area contributed by atoms with Gasteiger partial charge in [0, 0.05) is 5.56 Å². The summed E-state index contributed by atoms with van der Waals surface area (Å²) in [7, 11) is 0. The lowest BCUT2D eigenvalue weighted by Crippen LogP contribution is -2.55. The molecule has 4 nitrogen and oxygen atoms in total. The average Bonchev–Trinajstić information content (AvgIpc) is 2.85. The summed E-state index contributed by atoms with van der Waals surface area (Å²) < 4.78 is 0. The lowest BCUT2D eigenvalue weighted by molar-refractivity contribution is 0.538. The molecule has 0 bridgehead atoms. The molecule has 1 aliphatic heterocycles. The van der Waals surface area contributed by atoms with Gasteiger partial charge in [0.15, 0.2) is 12.0 Å². The van der Waals surface area contributed by atoms with Crippen molar-refractivity contribution in [3.05, 3.63) is 132 Å². The lowest BCUT2D eigenvalue weighted by atomic mass is 10.1. The molecule has 0 spiro atoms. The maximum absolute atomic E-state index is 5.08. The van der Waals surface area contributed by atoms with Gasteiger partial charge < -0.3 is 0 Å². The van der Waals surface area contributed by atoms with Crippen molar-refractivity contribution in [3.63, 3.8) is 0 Å². The van der Waals surface area contributed by atoms with E-state index in [1.807, 2.05) is 42.5 Å². The van der Waals surface area contributed by atoms with Crippen LogP contribution in [0.15, 0.2) is 120 Å². The number of benzene rings is 4. The number of hydrogen-bond acceptors (Lipinski definition) is 4. The van der Waals surface area contributed by atoms with Gasteiger partial charge in [0.05, 0.1) is 11.4 Å². The van der Waals surface area contributed by atoms with Crippen LogP contribution in [-0.4, -0.2) is 5.84 Å². The molecule has 4 aromatic rings. The van der Waals surface area contributed by atoms with E-state index < -0.39 is 0 Å². The summed E-state index contributed by atoms with van der Waals surface area (Å²) in [5.74, 6) is 0.802. The Hall–Kier alpha value is -4.05. The monoisotopic (exact) mass is 404 g/mol. The normalized spacial score (nSPS) is 15.9. The number of para-hydroxylation sites is 2. The van der Waals surface area contributed by atoms with E-state index >= 15 is 0 Å². The summed E-state index contributed by atoms with van der Waals surface area (Å²) in [5, 5.41) is 9.36. The molecule has 0 aliphatic carbocycles. The Morgan fingerprint density at radius 2 is 1.19 bits per heavy atom. The molecule has 1 heterocycles. The number of amidine groups is 1. The summed E-state index contributed by atoms with van der Waals surface area (Å²) in [5.41, 5.74) is 9.11. The Morgan fingerprint density at radius 3 is 1.81 bits per heavy atom. The molecule has 1 atom stereocenters. The third kappa shape index (κ3) is 3.88. The number of aryl methyl sites for hydroxylation is 1. The Morgan fingerprint density at radius 1 is 0.645 bits per heavy atom. The molecule has 0 fully saturated rings. The van der Waals surface area contributed by atoms with Gasteiger partial charge in [-0.2, -0.15) is 5.10 Å². The number of hydrazine groups is 1. The molecule has 1 aliphatic rings. The standard InChI is InChI=1S/C27H24N4/c1-21-17-19-23(20-18-21)27-30(24-13-7-3-8-14-24)28-26(22-11-5-2-6-12-22)29-31(27)25-15-9-4-10-16-25/h2-20,27H,1H3,(H,28,29). The van der Waals surface area contributed by atoms with Crippen LogP contribution in [0.4, 0.5) is 11.4 Å². The van der Waals surface area contributed by atoms with Gasteiger partial charge in [0.25, 0.3) is 0 Å². The van der Waals surface area contributed by atoms with Gasteiger partial charge in [-0.3, -0.25) is 10.4 Å². The number of anilines is 2. The Balaban J connectivity index is 1.70. The van der Waals surface area contributed by atoms with E-state index in [2.05, 4.69) is 95.2 Å². The summed E-state index contributed by atoms with van der Waals surface area (Å²) in [6.45, 7) is 2.11. The minimum absolute atomic E-state index is 0.155. The van der Waals surface area contributed by atoms with E-state index in [-0.39, 0.29) is 6.17 Å². The summed E-state index contributed by atoms with van der Waals surface area (Å²) in [4.78, 5) is 0. The van der Waals surface area contributed by atoms with E-state index in [0.717, 1.165) is 28.3 Å². The zero-order chi connectivity index (χ0) is 21.0. The summed E-state index contributed by atoms with van der Waals surface area (Å²) >= 11 is 0. The number of hydrogen-bond donors (Lipinski definition) is 1. The van der Waals surface area contributed by atoms with Crippen molar-refractivity contribution in [1.29, 1.82) is 0 Å². The van der Waals surface area contributed by atoms with Crippen LogP contribution in [0, 0.1) is 6.92 Å². The molecule has 0 radical (unpaired) electrons. The minimum atomic E-state index is -0.155. The van der Waals surface area contributed by atoms with Crippen LogP contribution in [0.1, 0.15) is 22.9 Å². The predicted octanol–water partition coefficient (Wildman–Crippen LogP) is 5.89. The zero-order valence-electron chi connectivity index (χ0n) is 17.4. The number of hydrazone groups is 1. The van der Waals surface area contributed by atoms with Crippen LogP contribution in [0.25, 0.3) is 0 Å². The van der Waals surface area contributed by atoms with Crippen LogP contribution in [-0.2, 0) is 0 Å². The van der Waals surface area contributed by atoms with E-state index in [1.165, 1.54) is 5.56 Å². The van der Waals surface area contributed by atoms with Crippen LogP contribution in [0.5, 0.6) is 0 Å². The second kappa shape index (κ2) is 8.36. The van der Waals surface area contributed by atoms with Crippen LogP contribution in [0.2, 0.25) is 0 Å². The average molecular weight is 405 g/mol. The fourth-order valence-electron chi connectivity index (χ4n) is 3.79. The minimum Gasteiger partial charge on any atom is -0.277 e. The largest absolute Gasteiger partial charge is 0.277 e. The second-order valence-corrected chi connectivity index (χ2v) is 7.60. The highest BCUT2D eigenvalue weighted by Crippen LogP contribution is 2.35. The van der Waals surface area contributed by atoms with Crippen molar-refractivity contribution in [2.45, 2.75) is 13.1 Å². The first-order valence-electron chi connectivity index (χ1n) is 10.5. The van der Waals surface area contributed by atoms with Crippen molar-refractivity contribution in [1.82, 2.24) is 5.43 Å². The molecule has 1 N–H and O–H groups in total. The molecule has 4 aromatic carbocycles. The van der Waals surface area contributed by atoms with E-state index in [0.29, 0.717) is 0 Å². The molecular weight excluding hydrogens is 380 g/mol. The Bertz CT molecular complexity index is 1160. The molecule has 0 saturated carbocycles. The molecule has 152 valence electrons. The fourth-order valence-corrected chi connectivity index (χ4v) is 3.79. The number of nitrogens with zero attached hydrogens (tertiary/aromatic N) is 3. The van der Waals surface area contributed by atoms with Gasteiger partial charge in [-0.15, -0.1) is 0 Å².